The number of hydrogen-bond acceptors (Lipinski definition) is 3. The van der Waals surface area contributed by atoms with Crippen molar-refractivity contribution in [1.82, 2.24) is 9.13 Å². The Kier molecular flexibility index (Phi) is 3.11. The number of nitriles is 1. The Hall–Kier alpha value is -2.06. The fraction of sp³-hybridized carbons (Fsp3) is 0.467. The summed E-state index contributed by atoms with van der Waals surface area (Å²) >= 11 is 0. The molecule has 1 saturated carbocycles. The predicted molar refractivity (Wildman–Crippen MR) is 75.3 cm³/mol. The van der Waals surface area contributed by atoms with E-state index in [0.29, 0.717) is 13.2 Å². The lowest BCUT2D eigenvalue weighted by molar-refractivity contribution is -0.0586. The molecule has 0 atom stereocenters. The van der Waals surface area contributed by atoms with E-state index in [1.54, 1.807) is 16.2 Å². The monoisotopic (exact) mass is 271 g/mol. The van der Waals surface area contributed by atoms with Gasteiger partial charge >= 0.3 is 5.69 Å². The van der Waals surface area contributed by atoms with Gasteiger partial charge in [0.1, 0.15) is 0 Å². The van der Waals surface area contributed by atoms with Crippen molar-refractivity contribution in [2.45, 2.75) is 31.4 Å². The van der Waals surface area contributed by atoms with Crippen LogP contribution in [0, 0.1) is 11.3 Å². The lowest BCUT2D eigenvalue weighted by Gasteiger charge is -2.34. The third-order valence-corrected chi connectivity index (χ3v) is 4.11. The van der Waals surface area contributed by atoms with Crippen LogP contribution < -0.4 is 5.69 Å². The molecule has 0 unspecified atom stereocenters. The van der Waals surface area contributed by atoms with Crippen LogP contribution >= 0.6 is 0 Å². The van der Waals surface area contributed by atoms with Crippen molar-refractivity contribution in [2.75, 3.05) is 6.61 Å². The van der Waals surface area contributed by atoms with Gasteiger partial charge in [0.25, 0.3) is 0 Å². The molecule has 0 amide bonds. The second-order valence-corrected chi connectivity index (χ2v) is 5.29. The third-order valence-electron chi connectivity index (χ3n) is 4.11. The van der Waals surface area contributed by atoms with E-state index < -0.39 is 5.60 Å². The largest absolute Gasteiger partial charge is 0.358 e. The van der Waals surface area contributed by atoms with Gasteiger partial charge in [-0.3, -0.25) is 9.13 Å². The quantitative estimate of drug-likeness (QED) is 0.852. The van der Waals surface area contributed by atoms with Gasteiger partial charge in [0.05, 0.1) is 30.3 Å². The number of hydrogen-bond donors (Lipinski definition) is 0. The number of ether oxygens (including phenoxy) is 1. The molecule has 5 heteroatoms. The number of aryl methyl sites for hydroxylation is 1. The average Bonchev–Trinajstić information content (AvgIpc) is 2.67. The molecule has 1 aliphatic rings. The van der Waals surface area contributed by atoms with Crippen molar-refractivity contribution in [3.63, 3.8) is 0 Å². The highest BCUT2D eigenvalue weighted by molar-refractivity contribution is 5.75. The molecule has 104 valence electrons. The summed E-state index contributed by atoms with van der Waals surface area (Å²) in [6.45, 7) is 0.866. The number of fused-ring (bicyclic) bond motifs is 1. The minimum atomic E-state index is -0.603. The summed E-state index contributed by atoms with van der Waals surface area (Å²) in [7, 11) is 1.77. The first-order valence-corrected chi connectivity index (χ1v) is 6.86. The van der Waals surface area contributed by atoms with Crippen molar-refractivity contribution in [3.05, 3.63) is 34.7 Å². The standard InChI is InChI=1S/C15H17N3O2/c1-17-12-5-2-3-6-13(12)18(14(17)19)9-10-20-15(11-16)7-4-8-15/h2-3,5-6H,4,7-10H2,1H3. The van der Waals surface area contributed by atoms with Crippen LogP contribution in [0.1, 0.15) is 19.3 Å². The predicted octanol–water partition coefficient (Wildman–Crippen LogP) is 1.80. The Bertz CT molecular complexity index is 732. The Labute approximate surface area is 117 Å². The van der Waals surface area contributed by atoms with Gasteiger partial charge < -0.3 is 4.74 Å². The van der Waals surface area contributed by atoms with E-state index in [2.05, 4.69) is 6.07 Å². The van der Waals surface area contributed by atoms with Crippen LogP contribution in [0.15, 0.2) is 29.1 Å². The summed E-state index contributed by atoms with van der Waals surface area (Å²) in [5.41, 5.74) is 1.17. The number of rotatable bonds is 4. The minimum Gasteiger partial charge on any atom is -0.358 e. The topological polar surface area (TPSA) is 59.9 Å². The molecule has 0 aliphatic heterocycles. The molecule has 20 heavy (non-hydrogen) atoms. The first-order valence-electron chi connectivity index (χ1n) is 6.86. The molecule has 3 rings (SSSR count). The van der Waals surface area contributed by atoms with Crippen LogP contribution in [-0.2, 0) is 18.3 Å². The molecule has 0 spiro atoms. The first kappa shape index (κ1) is 12.9. The molecule has 1 aliphatic carbocycles. The average molecular weight is 271 g/mol. The number of aromatic nitrogens is 2. The highest BCUT2D eigenvalue weighted by Gasteiger charge is 2.38. The molecule has 5 nitrogen and oxygen atoms in total. The summed E-state index contributed by atoms with van der Waals surface area (Å²) in [4.78, 5) is 12.2. The normalized spacial score (nSPS) is 16.8. The minimum absolute atomic E-state index is 0.0468. The van der Waals surface area contributed by atoms with Crippen LogP contribution in [0.4, 0.5) is 0 Å². The van der Waals surface area contributed by atoms with Crippen LogP contribution in [0.2, 0.25) is 0 Å². The van der Waals surface area contributed by atoms with Crippen LogP contribution in [0.5, 0.6) is 0 Å². The molecule has 2 aromatic rings. The summed E-state index contributed by atoms with van der Waals surface area (Å²) in [6.07, 6.45) is 2.64. The maximum Gasteiger partial charge on any atom is 0.328 e. The molecule has 0 saturated heterocycles. The first-order chi connectivity index (χ1) is 9.67. The van der Waals surface area contributed by atoms with Gasteiger partial charge in [0.15, 0.2) is 5.60 Å². The van der Waals surface area contributed by atoms with E-state index >= 15 is 0 Å². The Balaban J connectivity index is 1.80. The third kappa shape index (κ3) is 1.93. The second-order valence-electron chi connectivity index (χ2n) is 5.29. The lowest BCUT2D eigenvalue weighted by Crippen LogP contribution is -2.39. The highest BCUT2D eigenvalue weighted by Crippen LogP contribution is 2.34. The molecule has 1 aromatic heterocycles. The Morgan fingerprint density at radius 3 is 2.65 bits per heavy atom. The van der Waals surface area contributed by atoms with Crippen molar-refractivity contribution in [2.24, 2.45) is 7.05 Å². The number of benzene rings is 1. The van der Waals surface area contributed by atoms with E-state index in [-0.39, 0.29) is 5.69 Å². The lowest BCUT2D eigenvalue weighted by atomic mass is 9.81. The van der Waals surface area contributed by atoms with E-state index in [4.69, 9.17) is 10.00 Å². The highest BCUT2D eigenvalue weighted by atomic mass is 16.5. The number of imidazole rings is 1. The molecule has 0 N–H and O–H groups in total. The summed E-state index contributed by atoms with van der Waals surface area (Å²) in [5.74, 6) is 0. The van der Waals surface area contributed by atoms with Gasteiger partial charge in [-0.15, -0.1) is 0 Å². The van der Waals surface area contributed by atoms with Gasteiger partial charge in [0, 0.05) is 7.05 Å². The zero-order valence-electron chi connectivity index (χ0n) is 11.5. The SMILES string of the molecule is Cn1c(=O)n(CCOC2(C#N)CCC2)c2ccccc21. The van der Waals surface area contributed by atoms with Gasteiger partial charge in [0.2, 0.25) is 0 Å². The fourth-order valence-electron chi connectivity index (χ4n) is 2.70. The van der Waals surface area contributed by atoms with Gasteiger partial charge in [-0.2, -0.15) is 5.26 Å². The zero-order valence-corrected chi connectivity index (χ0v) is 11.5. The molecule has 0 radical (unpaired) electrons. The van der Waals surface area contributed by atoms with Crippen LogP contribution in [0.3, 0.4) is 0 Å². The van der Waals surface area contributed by atoms with Crippen molar-refractivity contribution < 1.29 is 4.74 Å². The number of para-hydroxylation sites is 2. The van der Waals surface area contributed by atoms with Crippen LogP contribution in [0.25, 0.3) is 11.0 Å². The molecule has 1 fully saturated rings. The summed E-state index contributed by atoms with van der Waals surface area (Å²) in [5, 5.41) is 9.12. The molecular formula is C15H17N3O2. The number of nitrogens with zero attached hydrogens (tertiary/aromatic N) is 3. The fourth-order valence-corrected chi connectivity index (χ4v) is 2.70. The summed E-state index contributed by atoms with van der Waals surface area (Å²) in [6, 6.07) is 9.94. The van der Waals surface area contributed by atoms with Crippen LogP contribution in [-0.4, -0.2) is 21.3 Å². The zero-order chi connectivity index (χ0) is 14.2. The van der Waals surface area contributed by atoms with Crippen molar-refractivity contribution in [1.29, 1.82) is 5.26 Å². The van der Waals surface area contributed by atoms with Gasteiger partial charge in [-0.05, 0) is 31.4 Å². The van der Waals surface area contributed by atoms with E-state index in [1.165, 1.54) is 0 Å². The molecular weight excluding hydrogens is 254 g/mol. The molecule has 1 heterocycles. The van der Waals surface area contributed by atoms with E-state index in [0.717, 1.165) is 30.3 Å². The Morgan fingerprint density at radius 1 is 1.35 bits per heavy atom. The smallest absolute Gasteiger partial charge is 0.328 e. The maximum atomic E-state index is 12.2. The summed E-state index contributed by atoms with van der Waals surface area (Å²) < 4.78 is 9.05. The maximum absolute atomic E-state index is 12.2. The van der Waals surface area contributed by atoms with Gasteiger partial charge in [-0.25, -0.2) is 4.79 Å². The van der Waals surface area contributed by atoms with Crippen molar-refractivity contribution in [3.8, 4) is 6.07 Å². The van der Waals surface area contributed by atoms with E-state index in [9.17, 15) is 4.79 Å². The Morgan fingerprint density at radius 2 is 2.05 bits per heavy atom. The molecule has 1 aromatic carbocycles. The second kappa shape index (κ2) is 4.80. The molecule has 0 bridgehead atoms. The van der Waals surface area contributed by atoms with Crippen molar-refractivity contribution >= 4 is 11.0 Å². The van der Waals surface area contributed by atoms with E-state index in [1.807, 2.05) is 24.3 Å². The van der Waals surface area contributed by atoms with Gasteiger partial charge in [-0.1, -0.05) is 12.1 Å².